The summed E-state index contributed by atoms with van der Waals surface area (Å²) < 4.78 is 5.41. The fourth-order valence-corrected chi connectivity index (χ4v) is 1.70. The number of hydrogen-bond acceptors (Lipinski definition) is 4. The predicted octanol–water partition coefficient (Wildman–Crippen LogP) is 0.575. The molecule has 1 aromatic rings. The third-order valence-corrected chi connectivity index (χ3v) is 2.68. The Labute approximate surface area is 84.1 Å². The second-order valence-corrected chi connectivity index (χ2v) is 3.78. The van der Waals surface area contributed by atoms with E-state index in [2.05, 4.69) is 10.2 Å². The second kappa shape index (κ2) is 4.02. The van der Waals surface area contributed by atoms with Crippen LogP contribution in [-0.4, -0.2) is 31.1 Å². The highest BCUT2D eigenvalue weighted by Crippen LogP contribution is 2.20. The molecule has 14 heavy (non-hydrogen) atoms. The van der Waals surface area contributed by atoms with Gasteiger partial charge in [0.05, 0.1) is 18.5 Å². The van der Waals surface area contributed by atoms with Crippen molar-refractivity contribution in [3.05, 3.63) is 17.6 Å². The number of anilines is 1. The molecule has 0 atom stereocenters. The number of nitrogen functional groups attached to an aromatic ring is 1. The van der Waals surface area contributed by atoms with Crippen molar-refractivity contribution in [3.63, 3.8) is 0 Å². The summed E-state index contributed by atoms with van der Waals surface area (Å²) in [4.78, 5) is 2.35. The molecule has 3 N–H and O–H groups in total. The first-order chi connectivity index (χ1) is 6.77. The van der Waals surface area contributed by atoms with Crippen molar-refractivity contribution in [2.24, 2.45) is 0 Å². The van der Waals surface area contributed by atoms with Gasteiger partial charge in [-0.1, -0.05) is 0 Å². The number of nitrogens with one attached hydrogen (secondary N) is 1. The van der Waals surface area contributed by atoms with Crippen molar-refractivity contribution in [2.75, 3.05) is 31.9 Å². The summed E-state index contributed by atoms with van der Waals surface area (Å²) in [6.07, 6.45) is 1.73. The number of hydrogen-bond donors (Lipinski definition) is 2. The smallest absolute Gasteiger partial charge is 0.140 e. The molecule has 1 aliphatic heterocycles. The van der Waals surface area contributed by atoms with Gasteiger partial charge >= 0.3 is 0 Å². The lowest BCUT2D eigenvalue weighted by atomic mass is 10.2. The number of aryl methyl sites for hydroxylation is 1. The van der Waals surface area contributed by atoms with Crippen LogP contribution in [-0.2, 0) is 6.54 Å². The number of furan rings is 1. The summed E-state index contributed by atoms with van der Waals surface area (Å²) in [5.74, 6) is 0.907. The van der Waals surface area contributed by atoms with Crippen LogP contribution in [0.2, 0.25) is 0 Å². The minimum atomic E-state index is 0.809. The maximum atomic E-state index is 5.88. The zero-order valence-corrected chi connectivity index (χ0v) is 8.55. The van der Waals surface area contributed by atoms with Crippen molar-refractivity contribution in [1.82, 2.24) is 10.2 Å². The first-order valence-electron chi connectivity index (χ1n) is 5.03. The Kier molecular flexibility index (Phi) is 2.74. The van der Waals surface area contributed by atoms with E-state index >= 15 is 0 Å². The highest BCUT2D eigenvalue weighted by Gasteiger charge is 2.14. The van der Waals surface area contributed by atoms with Gasteiger partial charge in [-0.2, -0.15) is 0 Å². The Morgan fingerprint density at radius 2 is 2.21 bits per heavy atom. The summed E-state index contributed by atoms with van der Waals surface area (Å²) in [6.45, 7) is 7.05. The number of rotatable bonds is 2. The molecule has 78 valence electrons. The molecular weight excluding hydrogens is 178 g/mol. The molecule has 1 aromatic heterocycles. The van der Waals surface area contributed by atoms with Crippen LogP contribution in [0.4, 0.5) is 5.69 Å². The van der Waals surface area contributed by atoms with Gasteiger partial charge in [-0.15, -0.1) is 0 Å². The topological polar surface area (TPSA) is 54.4 Å². The van der Waals surface area contributed by atoms with E-state index < -0.39 is 0 Å². The van der Waals surface area contributed by atoms with Gasteiger partial charge in [-0.05, 0) is 6.92 Å². The lowest BCUT2D eigenvalue weighted by molar-refractivity contribution is 0.217. The maximum absolute atomic E-state index is 5.88. The highest BCUT2D eigenvalue weighted by atomic mass is 16.3. The second-order valence-electron chi connectivity index (χ2n) is 3.78. The number of nitrogens with two attached hydrogens (primary N) is 1. The monoisotopic (exact) mass is 195 g/mol. The summed E-state index contributed by atoms with van der Waals surface area (Å²) in [5.41, 5.74) is 7.73. The Balaban J connectivity index is 1.99. The quantitative estimate of drug-likeness (QED) is 0.724. The summed E-state index contributed by atoms with van der Waals surface area (Å²) in [7, 11) is 0. The molecule has 0 radical (unpaired) electrons. The molecule has 0 spiro atoms. The van der Waals surface area contributed by atoms with Crippen molar-refractivity contribution in [2.45, 2.75) is 13.5 Å². The van der Waals surface area contributed by atoms with Crippen molar-refractivity contribution >= 4 is 5.69 Å². The molecule has 1 aliphatic rings. The van der Waals surface area contributed by atoms with Crippen LogP contribution < -0.4 is 11.1 Å². The van der Waals surface area contributed by atoms with Crippen LogP contribution in [0.1, 0.15) is 11.3 Å². The Morgan fingerprint density at radius 1 is 1.50 bits per heavy atom. The fourth-order valence-electron chi connectivity index (χ4n) is 1.70. The van der Waals surface area contributed by atoms with E-state index in [4.69, 9.17) is 10.2 Å². The third-order valence-electron chi connectivity index (χ3n) is 2.68. The molecule has 0 aliphatic carbocycles. The van der Waals surface area contributed by atoms with Crippen molar-refractivity contribution < 1.29 is 4.42 Å². The first-order valence-corrected chi connectivity index (χ1v) is 5.03. The normalized spacial score (nSPS) is 18.6. The standard InChI is InChI=1S/C10H17N3O/c1-8-7-14-9(10(8)11)6-13-4-2-12-3-5-13/h7,12H,2-6,11H2,1H3. The molecule has 2 heterocycles. The van der Waals surface area contributed by atoms with Gasteiger partial charge in [0.25, 0.3) is 0 Å². The van der Waals surface area contributed by atoms with Gasteiger partial charge in [0.1, 0.15) is 5.76 Å². The molecule has 4 heteroatoms. The van der Waals surface area contributed by atoms with Gasteiger partial charge in [-0.25, -0.2) is 0 Å². The Morgan fingerprint density at radius 3 is 2.79 bits per heavy atom. The van der Waals surface area contributed by atoms with Gasteiger partial charge < -0.3 is 15.5 Å². The van der Waals surface area contributed by atoms with E-state index in [1.165, 1.54) is 0 Å². The van der Waals surface area contributed by atoms with Crippen LogP contribution in [0.15, 0.2) is 10.7 Å². The van der Waals surface area contributed by atoms with E-state index in [-0.39, 0.29) is 0 Å². The maximum Gasteiger partial charge on any atom is 0.140 e. The molecule has 0 saturated carbocycles. The van der Waals surface area contributed by atoms with E-state index in [0.717, 1.165) is 49.7 Å². The van der Waals surface area contributed by atoms with Crippen LogP contribution in [0.3, 0.4) is 0 Å². The van der Waals surface area contributed by atoms with Crippen LogP contribution in [0.25, 0.3) is 0 Å². The molecular formula is C10H17N3O. The fraction of sp³-hybridized carbons (Fsp3) is 0.600. The van der Waals surface area contributed by atoms with Gasteiger partial charge in [-0.3, -0.25) is 4.90 Å². The predicted molar refractivity (Wildman–Crippen MR) is 56.0 cm³/mol. The zero-order chi connectivity index (χ0) is 9.97. The van der Waals surface area contributed by atoms with Crippen LogP contribution in [0, 0.1) is 6.92 Å². The first kappa shape index (κ1) is 9.55. The molecule has 0 amide bonds. The van der Waals surface area contributed by atoms with Crippen molar-refractivity contribution in [3.8, 4) is 0 Å². The highest BCUT2D eigenvalue weighted by molar-refractivity contribution is 5.48. The zero-order valence-electron chi connectivity index (χ0n) is 8.55. The summed E-state index contributed by atoms with van der Waals surface area (Å²) >= 11 is 0. The minimum Gasteiger partial charge on any atom is -0.465 e. The van der Waals surface area contributed by atoms with E-state index in [0.29, 0.717) is 0 Å². The summed E-state index contributed by atoms with van der Waals surface area (Å²) in [5, 5.41) is 3.32. The molecule has 0 bridgehead atoms. The minimum absolute atomic E-state index is 0.809. The molecule has 1 fully saturated rings. The average Bonchev–Trinajstić information content (AvgIpc) is 2.52. The van der Waals surface area contributed by atoms with E-state index in [1.807, 2.05) is 6.92 Å². The van der Waals surface area contributed by atoms with Gasteiger partial charge in [0.2, 0.25) is 0 Å². The molecule has 0 aromatic carbocycles. The largest absolute Gasteiger partial charge is 0.465 e. The van der Waals surface area contributed by atoms with Gasteiger partial charge in [0.15, 0.2) is 0 Å². The van der Waals surface area contributed by atoms with Gasteiger partial charge in [0, 0.05) is 31.7 Å². The molecule has 4 nitrogen and oxygen atoms in total. The van der Waals surface area contributed by atoms with E-state index in [1.54, 1.807) is 6.26 Å². The molecule has 2 rings (SSSR count). The van der Waals surface area contributed by atoms with Crippen LogP contribution >= 0.6 is 0 Å². The lowest BCUT2D eigenvalue weighted by Crippen LogP contribution is -2.42. The number of piperazine rings is 1. The van der Waals surface area contributed by atoms with Crippen molar-refractivity contribution in [1.29, 1.82) is 0 Å². The van der Waals surface area contributed by atoms with E-state index in [9.17, 15) is 0 Å². The molecule has 1 saturated heterocycles. The average molecular weight is 195 g/mol. The third kappa shape index (κ3) is 1.91. The van der Waals surface area contributed by atoms with Crippen LogP contribution in [0.5, 0.6) is 0 Å². The Hall–Kier alpha value is -1.00. The number of nitrogens with zero attached hydrogens (tertiary/aromatic N) is 1. The molecule has 0 unspecified atom stereocenters. The SMILES string of the molecule is Cc1coc(CN2CCNCC2)c1N. The Bertz CT molecular complexity index is 302. The summed E-state index contributed by atoms with van der Waals surface area (Å²) in [6, 6.07) is 0. The lowest BCUT2D eigenvalue weighted by Gasteiger charge is -2.26.